The molecule has 1 nitrogen and oxygen atoms in total. The minimum atomic E-state index is 0.244. The Morgan fingerprint density at radius 2 is 1.12 bits per heavy atom. The van der Waals surface area contributed by atoms with Gasteiger partial charge in [0.15, 0.2) is 0 Å². The van der Waals surface area contributed by atoms with Crippen LogP contribution in [0.25, 0.3) is 0 Å². The summed E-state index contributed by atoms with van der Waals surface area (Å²) in [6, 6.07) is 0. The lowest BCUT2D eigenvalue weighted by molar-refractivity contribution is 0.302. The second-order valence-corrected chi connectivity index (χ2v) is 3.51. The first-order chi connectivity index (χ1) is 7.91. The fraction of sp³-hybridized carbons (Fsp3) is 0.467. The highest BCUT2D eigenvalue weighted by Crippen LogP contribution is 1.94. The van der Waals surface area contributed by atoms with Gasteiger partial charge < -0.3 is 5.11 Å². The van der Waals surface area contributed by atoms with Gasteiger partial charge in [-0.15, -0.1) is 0 Å². The van der Waals surface area contributed by atoms with E-state index in [2.05, 4.69) is 49.5 Å². The summed E-state index contributed by atoms with van der Waals surface area (Å²) in [6.45, 7) is 2.39. The lowest BCUT2D eigenvalue weighted by Gasteiger charge is -1.85. The summed E-state index contributed by atoms with van der Waals surface area (Å²) in [4.78, 5) is 0. The van der Waals surface area contributed by atoms with Crippen molar-refractivity contribution in [2.24, 2.45) is 0 Å². The van der Waals surface area contributed by atoms with Crippen molar-refractivity contribution in [2.75, 3.05) is 6.61 Å². The zero-order valence-corrected chi connectivity index (χ0v) is 10.3. The SMILES string of the molecule is CCC=CCC=CCC=CCC=CCCO. The molecule has 0 saturated heterocycles. The van der Waals surface area contributed by atoms with Gasteiger partial charge in [0.2, 0.25) is 0 Å². The molecule has 0 atom stereocenters. The van der Waals surface area contributed by atoms with E-state index in [9.17, 15) is 0 Å². The van der Waals surface area contributed by atoms with Crippen molar-refractivity contribution >= 4 is 0 Å². The number of aliphatic hydroxyl groups is 1. The van der Waals surface area contributed by atoms with Gasteiger partial charge >= 0.3 is 0 Å². The Balaban J connectivity index is 3.36. The maximum atomic E-state index is 8.54. The molecule has 1 heteroatoms. The van der Waals surface area contributed by atoms with Crippen LogP contribution in [0, 0.1) is 0 Å². The molecule has 0 saturated carbocycles. The van der Waals surface area contributed by atoms with Gasteiger partial charge in [-0.1, -0.05) is 55.5 Å². The summed E-state index contributed by atoms with van der Waals surface area (Å²) < 4.78 is 0. The molecule has 0 radical (unpaired) electrons. The van der Waals surface area contributed by atoms with Crippen LogP contribution in [0.4, 0.5) is 0 Å². The highest BCUT2D eigenvalue weighted by Gasteiger charge is 1.75. The molecule has 1 N–H and O–H groups in total. The molecule has 0 aromatic carbocycles. The van der Waals surface area contributed by atoms with Crippen LogP contribution in [-0.2, 0) is 0 Å². The molecule has 0 spiro atoms. The van der Waals surface area contributed by atoms with Crippen molar-refractivity contribution in [1.82, 2.24) is 0 Å². The third kappa shape index (κ3) is 12.9. The standard InChI is InChI=1S/C15H24O/c1-2-3-4-5-6-7-8-9-10-11-12-13-14-15-16/h3-4,6-7,9-10,12-13,16H,2,5,8,11,14-15H2,1H3. The van der Waals surface area contributed by atoms with E-state index in [1.54, 1.807) is 0 Å². The minimum Gasteiger partial charge on any atom is -0.396 e. The summed E-state index contributed by atoms with van der Waals surface area (Å²) in [5, 5.41) is 8.54. The molecule has 0 aliphatic carbocycles. The van der Waals surface area contributed by atoms with E-state index in [0.29, 0.717) is 0 Å². The van der Waals surface area contributed by atoms with Crippen LogP contribution in [0.1, 0.15) is 39.0 Å². The van der Waals surface area contributed by atoms with Crippen molar-refractivity contribution in [3.05, 3.63) is 48.6 Å². The van der Waals surface area contributed by atoms with Crippen molar-refractivity contribution in [2.45, 2.75) is 39.0 Å². The van der Waals surface area contributed by atoms with Crippen LogP contribution in [-0.4, -0.2) is 11.7 Å². The normalized spacial score (nSPS) is 12.9. The minimum absolute atomic E-state index is 0.244. The van der Waals surface area contributed by atoms with Gasteiger partial charge in [-0.3, -0.25) is 0 Å². The van der Waals surface area contributed by atoms with Gasteiger partial charge in [0.1, 0.15) is 0 Å². The number of hydrogen-bond donors (Lipinski definition) is 1. The van der Waals surface area contributed by atoms with E-state index in [1.165, 1.54) is 0 Å². The van der Waals surface area contributed by atoms with Crippen LogP contribution in [0.5, 0.6) is 0 Å². The molecule has 90 valence electrons. The first-order valence-corrected chi connectivity index (χ1v) is 6.12. The molecule has 0 heterocycles. The fourth-order valence-electron chi connectivity index (χ4n) is 1.17. The summed E-state index contributed by atoms with van der Waals surface area (Å²) in [5.74, 6) is 0. The predicted octanol–water partition coefficient (Wildman–Crippen LogP) is 4.17. The molecular weight excluding hydrogens is 196 g/mol. The first-order valence-electron chi connectivity index (χ1n) is 6.12. The molecular formula is C15H24O. The van der Waals surface area contributed by atoms with Crippen LogP contribution in [0.3, 0.4) is 0 Å². The van der Waals surface area contributed by atoms with E-state index in [4.69, 9.17) is 5.11 Å². The summed E-state index contributed by atoms with van der Waals surface area (Å²) in [7, 11) is 0. The predicted molar refractivity (Wildman–Crippen MR) is 72.4 cm³/mol. The zero-order valence-electron chi connectivity index (χ0n) is 10.3. The maximum absolute atomic E-state index is 8.54. The van der Waals surface area contributed by atoms with Crippen LogP contribution >= 0.6 is 0 Å². The monoisotopic (exact) mass is 220 g/mol. The Labute approximate surface area is 99.9 Å². The van der Waals surface area contributed by atoms with Crippen molar-refractivity contribution < 1.29 is 5.11 Å². The number of rotatable bonds is 9. The Morgan fingerprint density at radius 3 is 1.56 bits per heavy atom. The number of hydrogen-bond acceptors (Lipinski definition) is 1. The van der Waals surface area contributed by atoms with E-state index in [1.807, 2.05) is 6.08 Å². The average molecular weight is 220 g/mol. The lowest BCUT2D eigenvalue weighted by Crippen LogP contribution is -1.74. The summed E-state index contributed by atoms with van der Waals surface area (Å²) in [5.41, 5.74) is 0. The zero-order chi connectivity index (χ0) is 11.9. The van der Waals surface area contributed by atoms with Crippen molar-refractivity contribution in [3.8, 4) is 0 Å². The summed E-state index contributed by atoms with van der Waals surface area (Å²) >= 11 is 0. The second-order valence-electron chi connectivity index (χ2n) is 3.51. The van der Waals surface area contributed by atoms with E-state index in [0.717, 1.165) is 32.1 Å². The molecule has 0 aromatic heterocycles. The third-order valence-electron chi connectivity index (χ3n) is 2.01. The van der Waals surface area contributed by atoms with Gasteiger partial charge in [0, 0.05) is 6.61 Å². The van der Waals surface area contributed by atoms with Crippen molar-refractivity contribution in [1.29, 1.82) is 0 Å². The molecule has 0 unspecified atom stereocenters. The lowest BCUT2D eigenvalue weighted by atomic mass is 10.2. The Morgan fingerprint density at radius 1 is 0.688 bits per heavy atom. The van der Waals surface area contributed by atoms with Crippen LogP contribution < -0.4 is 0 Å². The molecule has 16 heavy (non-hydrogen) atoms. The average Bonchev–Trinajstić information content (AvgIpc) is 2.31. The summed E-state index contributed by atoms with van der Waals surface area (Å²) in [6.07, 6.45) is 22.1. The van der Waals surface area contributed by atoms with Gasteiger partial charge in [-0.05, 0) is 32.1 Å². The van der Waals surface area contributed by atoms with Gasteiger partial charge in [0.05, 0.1) is 0 Å². The third-order valence-corrected chi connectivity index (χ3v) is 2.01. The number of allylic oxidation sites excluding steroid dienone is 7. The molecule has 0 rings (SSSR count). The Hall–Kier alpha value is -1.08. The smallest absolute Gasteiger partial charge is 0.0465 e. The second kappa shape index (κ2) is 13.9. The topological polar surface area (TPSA) is 20.2 Å². The fourth-order valence-corrected chi connectivity index (χ4v) is 1.17. The Kier molecular flexibility index (Phi) is 13.0. The highest BCUT2D eigenvalue weighted by atomic mass is 16.2. The van der Waals surface area contributed by atoms with E-state index < -0.39 is 0 Å². The first kappa shape index (κ1) is 14.9. The van der Waals surface area contributed by atoms with Gasteiger partial charge in [-0.2, -0.15) is 0 Å². The van der Waals surface area contributed by atoms with Crippen molar-refractivity contribution in [3.63, 3.8) is 0 Å². The van der Waals surface area contributed by atoms with E-state index in [-0.39, 0.29) is 6.61 Å². The molecule has 0 aliphatic heterocycles. The molecule has 0 aliphatic rings. The van der Waals surface area contributed by atoms with Gasteiger partial charge in [-0.25, -0.2) is 0 Å². The quantitative estimate of drug-likeness (QED) is 0.578. The molecule has 0 bridgehead atoms. The highest BCUT2D eigenvalue weighted by molar-refractivity contribution is 4.99. The Bertz CT molecular complexity index is 234. The molecule has 0 amide bonds. The van der Waals surface area contributed by atoms with E-state index >= 15 is 0 Å². The van der Waals surface area contributed by atoms with Gasteiger partial charge in [0.25, 0.3) is 0 Å². The molecule has 0 aromatic rings. The number of aliphatic hydroxyl groups excluding tert-OH is 1. The maximum Gasteiger partial charge on any atom is 0.0465 e. The largest absolute Gasteiger partial charge is 0.396 e. The van der Waals surface area contributed by atoms with Crippen LogP contribution in [0.15, 0.2) is 48.6 Å². The van der Waals surface area contributed by atoms with Crippen LogP contribution in [0.2, 0.25) is 0 Å². The molecule has 0 fully saturated rings.